The summed E-state index contributed by atoms with van der Waals surface area (Å²) in [4.78, 5) is 0. The summed E-state index contributed by atoms with van der Waals surface area (Å²) in [5.74, 6) is 1.12. The minimum atomic E-state index is -0.0561. The number of thioether (sulfide) groups is 1. The van der Waals surface area contributed by atoms with Crippen molar-refractivity contribution in [2.45, 2.75) is 17.8 Å². The van der Waals surface area contributed by atoms with Crippen LogP contribution in [0, 0.1) is 0 Å². The normalized spacial score (nSPS) is 38.2. The second kappa shape index (κ2) is 3.08. The van der Waals surface area contributed by atoms with E-state index in [2.05, 4.69) is 15.9 Å². The second-order valence-electron chi connectivity index (χ2n) is 1.92. The molecule has 1 rings (SSSR count). The fourth-order valence-electron chi connectivity index (χ4n) is 0.785. The maximum atomic E-state index is 9.14. The standard InChI is InChI=1S/C5H9BrOS/c6-3-5-4(7)1-2-8-5/h4-5,7H,1-3H2/t4-,5-/m0/s1. The van der Waals surface area contributed by atoms with Gasteiger partial charge in [0.1, 0.15) is 0 Å². The topological polar surface area (TPSA) is 20.2 Å². The van der Waals surface area contributed by atoms with Gasteiger partial charge in [-0.05, 0) is 12.2 Å². The maximum absolute atomic E-state index is 9.14. The van der Waals surface area contributed by atoms with E-state index in [1.807, 2.05) is 11.8 Å². The van der Waals surface area contributed by atoms with Crippen molar-refractivity contribution < 1.29 is 5.11 Å². The monoisotopic (exact) mass is 196 g/mol. The molecule has 1 saturated heterocycles. The van der Waals surface area contributed by atoms with Crippen LogP contribution in [0.3, 0.4) is 0 Å². The molecule has 1 nitrogen and oxygen atoms in total. The van der Waals surface area contributed by atoms with Crippen molar-refractivity contribution in [1.29, 1.82) is 0 Å². The summed E-state index contributed by atoms with van der Waals surface area (Å²) in [6.45, 7) is 0. The Kier molecular flexibility index (Phi) is 2.66. The van der Waals surface area contributed by atoms with Crippen molar-refractivity contribution in [3.8, 4) is 0 Å². The van der Waals surface area contributed by atoms with Crippen LogP contribution in [0.4, 0.5) is 0 Å². The summed E-state index contributed by atoms with van der Waals surface area (Å²) in [7, 11) is 0. The zero-order valence-electron chi connectivity index (χ0n) is 4.51. The molecule has 3 heteroatoms. The molecule has 0 aromatic rings. The van der Waals surface area contributed by atoms with E-state index in [1.54, 1.807) is 0 Å². The Balaban J connectivity index is 2.30. The molecule has 8 heavy (non-hydrogen) atoms. The molecule has 0 saturated carbocycles. The fourth-order valence-corrected chi connectivity index (χ4v) is 2.90. The second-order valence-corrected chi connectivity index (χ2v) is 3.91. The molecular weight excluding hydrogens is 188 g/mol. The summed E-state index contributed by atoms with van der Waals surface area (Å²) < 4.78 is 0. The number of hydrogen-bond acceptors (Lipinski definition) is 2. The van der Waals surface area contributed by atoms with Crippen LogP contribution in [-0.2, 0) is 0 Å². The Morgan fingerprint density at radius 1 is 1.75 bits per heavy atom. The van der Waals surface area contributed by atoms with Crippen LogP contribution in [0.15, 0.2) is 0 Å². The summed E-state index contributed by atoms with van der Waals surface area (Å²) in [6.07, 6.45) is 0.917. The molecule has 48 valence electrons. The SMILES string of the molecule is O[C@H]1CCS[C@H]1CBr. The Bertz CT molecular complexity index is 78.8. The van der Waals surface area contributed by atoms with Gasteiger partial charge in [0.05, 0.1) is 6.10 Å². The highest BCUT2D eigenvalue weighted by molar-refractivity contribution is 9.09. The van der Waals surface area contributed by atoms with Gasteiger partial charge < -0.3 is 5.11 Å². The van der Waals surface area contributed by atoms with E-state index in [-0.39, 0.29) is 6.10 Å². The Labute approximate surface area is 62.0 Å². The lowest BCUT2D eigenvalue weighted by atomic mass is 10.2. The highest BCUT2D eigenvalue weighted by Crippen LogP contribution is 2.27. The van der Waals surface area contributed by atoms with Crippen LogP contribution in [0.2, 0.25) is 0 Å². The first kappa shape index (κ1) is 6.90. The zero-order chi connectivity index (χ0) is 5.98. The molecule has 1 aliphatic heterocycles. The van der Waals surface area contributed by atoms with Gasteiger partial charge in [0.2, 0.25) is 0 Å². The molecule has 1 fully saturated rings. The van der Waals surface area contributed by atoms with E-state index < -0.39 is 0 Å². The van der Waals surface area contributed by atoms with Gasteiger partial charge in [-0.15, -0.1) is 0 Å². The van der Waals surface area contributed by atoms with E-state index in [0.717, 1.165) is 17.5 Å². The van der Waals surface area contributed by atoms with Gasteiger partial charge in [-0.25, -0.2) is 0 Å². The minimum Gasteiger partial charge on any atom is -0.392 e. The summed E-state index contributed by atoms with van der Waals surface area (Å²) in [5, 5.41) is 10.5. The quantitative estimate of drug-likeness (QED) is 0.638. The van der Waals surface area contributed by atoms with Crippen molar-refractivity contribution in [1.82, 2.24) is 0 Å². The fraction of sp³-hybridized carbons (Fsp3) is 1.00. The van der Waals surface area contributed by atoms with Gasteiger partial charge in [0, 0.05) is 10.6 Å². The van der Waals surface area contributed by atoms with E-state index in [0.29, 0.717) is 5.25 Å². The van der Waals surface area contributed by atoms with Crippen LogP contribution in [-0.4, -0.2) is 27.5 Å². The van der Waals surface area contributed by atoms with Gasteiger partial charge in [0.25, 0.3) is 0 Å². The van der Waals surface area contributed by atoms with Crippen molar-refractivity contribution in [2.24, 2.45) is 0 Å². The number of aliphatic hydroxyl groups is 1. The summed E-state index contributed by atoms with van der Waals surface area (Å²) >= 11 is 5.19. The lowest BCUT2D eigenvalue weighted by Gasteiger charge is -2.07. The lowest BCUT2D eigenvalue weighted by molar-refractivity contribution is 0.182. The van der Waals surface area contributed by atoms with E-state index in [1.165, 1.54) is 0 Å². The number of aliphatic hydroxyl groups excluding tert-OH is 1. The Hall–Kier alpha value is 0.790. The first-order valence-corrected chi connectivity index (χ1v) is 4.87. The van der Waals surface area contributed by atoms with Gasteiger partial charge in [-0.3, -0.25) is 0 Å². The molecule has 0 aliphatic carbocycles. The molecule has 2 atom stereocenters. The minimum absolute atomic E-state index is 0.0561. The summed E-state index contributed by atoms with van der Waals surface area (Å²) in [6, 6.07) is 0. The molecule has 1 aliphatic rings. The number of halogens is 1. The first-order valence-electron chi connectivity index (χ1n) is 2.70. The lowest BCUT2D eigenvalue weighted by Crippen LogP contribution is -2.17. The van der Waals surface area contributed by atoms with Gasteiger partial charge in [-0.1, -0.05) is 15.9 Å². The third-order valence-corrected chi connectivity index (χ3v) is 3.83. The third-order valence-electron chi connectivity index (χ3n) is 1.33. The smallest absolute Gasteiger partial charge is 0.0674 e. The molecule has 1 N–H and O–H groups in total. The molecule has 0 spiro atoms. The van der Waals surface area contributed by atoms with Crippen LogP contribution in [0.5, 0.6) is 0 Å². The summed E-state index contributed by atoms with van der Waals surface area (Å²) in [5.41, 5.74) is 0. The molecule has 0 bridgehead atoms. The van der Waals surface area contributed by atoms with Gasteiger partial charge in [0.15, 0.2) is 0 Å². The molecule has 0 radical (unpaired) electrons. The molecule has 0 aromatic carbocycles. The average molecular weight is 197 g/mol. The predicted octanol–water partition coefficient (Wildman–Crippen LogP) is 1.25. The zero-order valence-corrected chi connectivity index (χ0v) is 6.91. The number of rotatable bonds is 1. The van der Waals surface area contributed by atoms with E-state index in [4.69, 9.17) is 5.11 Å². The number of hydrogen-bond donors (Lipinski definition) is 1. The largest absolute Gasteiger partial charge is 0.392 e. The van der Waals surface area contributed by atoms with Crippen molar-refractivity contribution in [3.05, 3.63) is 0 Å². The number of alkyl halides is 1. The molecular formula is C5H9BrOS. The van der Waals surface area contributed by atoms with Gasteiger partial charge in [-0.2, -0.15) is 11.8 Å². The molecule has 0 unspecified atom stereocenters. The van der Waals surface area contributed by atoms with Crippen LogP contribution in [0.25, 0.3) is 0 Å². The Morgan fingerprint density at radius 2 is 2.50 bits per heavy atom. The maximum Gasteiger partial charge on any atom is 0.0674 e. The first-order chi connectivity index (χ1) is 3.84. The third kappa shape index (κ3) is 1.39. The van der Waals surface area contributed by atoms with Crippen molar-refractivity contribution >= 4 is 27.7 Å². The average Bonchev–Trinajstić information content (AvgIpc) is 2.14. The van der Waals surface area contributed by atoms with Crippen molar-refractivity contribution in [2.75, 3.05) is 11.1 Å². The highest BCUT2D eigenvalue weighted by Gasteiger charge is 2.23. The van der Waals surface area contributed by atoms with Crippen LogP contribution < -0.4 is 0 Å². The van der Waals surface area contributed by atoms with Gasteiger partial charge >= 0.3 is 0 Å². The highest BCUT2D eigenvalue weighted by atomic mass is 79.9. The van der Waals surface area contributed by atoms with Crippen LogP contribution >= 0.6 is 27.7 Å². The molecule has 1 heterocycles. The van der Waals surface area contributed by atoms with Crippen LogP contribution in [0.1, 0.15) is 6.42 Å². The van der Waals surface area contributed by atoms with Crippen molar-refractivity contribution in [3.63, 3.8) is 0 Å². The van der Waals surface area contributed by atoms with E-state index in [9.17, 15) is 0 Å². The Morgan fingerprint density at radius 3 is 2.75 bits per heavy atom. The molecule has 0 aromatic heterocycles. The molecule has 0 amide bonds. The van der Waals surface area contributed by atoms with E-state index >= 15 is 0 Å². The predicted molar refractivity (Wildman–Crippen MR) is 40.7 cm³/mol.